The summed E-state index contributed by atoms with van der Waals surface area (Å²) in [7, 11) is 0. The van der Waals surface area contributed by atoms with Crippen molar-refractivity contribution in [1.29, 1.82) is 10.8 Å². The van der Waals surface area contributed by atoms with Crippen molar-refractivity contribution >= 4 is 28.3 Å². The van der Waals surface area contributed by atoms with Crippen molar-refractivity contribution in [2.75, 3.05) is 6.54 Å². The van der Waals surface area contributed by atoms with Crippen molar-refractivity contribution in [3.8, 4) is 0 Å². The van der Waals surface area contributed by atoms with Crippen molar-refractivity contribution in [2.45, 2.75) is 33.1 Å². The van der Waals surface area contributed by atoms with Gasteiger partial charge >= 0.3 is 0 Å². The molecule has 0 saturated heterocycles. The van der Waals surface area contributed by atoms with E-state index in [1.165, 1.54) is 6.07 Å². The molecule has 3 N–H and O–H groups in total. The summed E-state index contributed by atoms with van der Waals surface area (Å²) in [6, 6.07) is 8.32. The highest BCUT2D eigenvalue weighted by molar-refractivity contribution is 6.00. The normalized spacial score (nSPS) is 10.7. The predicted octanol–water partition coefficient (Wildman–Crippen LogP) is 3.79. The largest absolute Gasteiger partial charge is 0.451 e. The van der Waals surface area contributed by atoms with Crippen LogP contribution >= 0.6 is 0 Å². The molecule has 1 aromatic carbocycles. The molecule has 2 heterocycles. The summed E-state index contributed by atoms with van der Waals surface area (Å²) in [5, 5.41) is 19.2. The van der Waals surface area contributed by atoms with E-state index >= 15 is 0 Å². The molecule has 1 amide bonds. The molecule has 0 saturated carbocycles. The Hall–Kier alpha value is -3.61. The number of fused-ring (bicyclic) bond motifs is 1. The van der Waals surface area contributed by atoms with E-state index in [1.54, 1.807) is 30.6 Å². The highest BCUT2D eigenvalue weighted by Gasteiger charge is 2.13. The van der Waals surface area contributed by atoms with Gasteiger partial charge in [-0.2, -0.15) is 0 Å². The average Bonchev–Trinajstić information content (AvgIpc) is 2.73. The molecule has 0 spiro atoms. The van der Waals surface area contributed by atoms with Gasteiger partial charge in [0.15, 0.2) is 11.2 Å². The lowest BCUT2D eigenvalue weighted by Crippen LogP contribution is -2.27. The second-order valence-corrected chi connectivity index (χ2v) is 7.24. The van der Waals surface area contributed by atoms with Gasteiger partial charge in [0, 0.05) is 48.4 Å². The van der Waals surface area contributed by atoms with E-state index < -0.39 is 5.91 Å². The summed E-state index contributed by atoms with van der Waals surface area (Å²) < 4.78 is 5.63. The van der Waals surface area contributed by atoms with Crippen LogP contribution in [0.25, 0.3) is 11.0 Å². The first kappa shape index (κ1) is 21.1. The number of aryl methyl sites for hydroxylation is 2. The highest BCUT2D eigenvalue weighted by atomic mass is 16.3. The quantitative estimate of drug-likeness (QED) is 0.495. The Morgan fingerprint density at radius 1 is 1.10 bits per heavy atom. The number of carbonyl (C=O) groups excluding carboxylic acids is 1. The number of amides is 1. The Balaban J connectivity index is 1.53. The zero-order chi connectivity index (χ0) is 21.7. The lowest BCUT2D eigenvalue weighted by atomic mass is 10.0. The minimum atomic E-state index is -0.483. The summed E-state index contributed by atoms with van der Waals surface area (Å²) in [6.07, 6.45) is 4.53. The van der Waals surface area contributed by atoms with Gasteiger partial charge in [0.05, 0.1) is 5.39 Å². The van der Waals surface area contributed by atoms with E-state index in [1.807, 2.05) is 19.9 Å². The Morgan fingerprint density at radius 2 is 1.87 bits per heavy atom. The lowest BCUT2D eigenvalue weighted by molar-refractivity contribution is 0.0927. The summed E-state index contributed by atoms with van der Waals surface area (Å²) in [5.41, 5.74) is 3.71. The monoisotopic (exact) mass is 404 g/mol. The van der Waals surface area contributed by atoms with Crippen molar-refractivity contribution in [3.05, 3.63) is 75.4 Å². The highest BCUT2D eigenvalue weighted by Crippen LogP contribution is 2.18. The maximum absolute atomic E-state index is 12.4. The van der Waals surface area contributed by atoms with Gasteiger partial charge in [-0.3, -0.25) is 14.6 Å². The third kappa shape index (κ3) is 5.05. The van der Waals surface area contributed by atoms with Crippen molar-refractivity contribution < 1.29 is 9.21 Å². The summed E-state index contributed by atoms with van der Waals surface area (Å²) >= 11 is 0. The van der Waals surface area contributed by atoms with E-state index in [2.05, 4.69) is 10.3 Å². The second-order valence-electron chi connectivity index (χ2n) is 7.24. The molecule has 2 aromatic heterocycles. The molecule has 30 heavy (non-hydrogen) atoms. The molecular weight excluding hydrogens is 380 g/mol. The van der Waals surface area contributed by atoms with Gasteiger partial charge < -0.3 is 20.6 Å². The van der Waals surface area contributed by atoms with Crippen LogP contribution < -0.4 is 10.7 Å². The number of benzene rings is 1. The molecule has 7 heteroatoms. The van der Waals surface area contributed by atoms with Crippen molar-refractivity contribution in [1.82, 2.24) is 10.3 Å². The first-order valence-corrected chi connectivity index (χ1v) is 9.72. The van der Waals surface area contributed by atoms with Gasteiger partial charge in [0.25, 0.3) is 5.91 Å². The lowest BCUT2D eigenvalue weighted by Gasteiger charge is -2.08. The molecule has 0 aliphatic heterocycles. The van der Waals surface area contributed by atoms with Crippen LogP contribution in [0.1, 0.15) is 46.5 Å². The molecular formula is C23H24N4O3. The Morgan fingerprint density at radius 3 is 2.60 bits per heavy atom. The zero-order valence-corrected chi connectivity index (χ0v) is 17.0. The molecule has 0 aliphatic rings. The fraction of sp³-hybridized carbons (Fsp3) is 0.261. The SMILES string of the molecule is Cc1cc2oc(C(=O)NCCC(=N)CCC(=N)c3cccnc3)cc(=O)c2cc1C. The van der Waals surface area contributed by atoms with Gasteiger partial charge in [-0.1, -0.05) is 6.07 Å². The van der Waals surface area contributed by atoms with Crippen LogP contribution in [-0.2, 0) is 0 Å². The fourth-order valence-electron chi connectivity index (χ4n) is 3.02. The first-order valence-electron chi connectivity index (χ1n) is 9.72. The Bertz CT molecular complexity index is 1170. The van der Waals surface area contributed by atoms with Crippen LogP contribution in [0, 0.1) is 24.7 Å². The van der Waals surface area contributed by atoms with Crippen molar-refractivity contribution in [2.24, 2.45) is 0 Å². The van der Waals surface area contributed by atoms with E-state index in [0.29, 0.717) is 41.7 Å². The molecule has 3 aromatic rings. The summed E-state index contributed by atoms with van der Waals surface area (Å²) in [4.78, 5) is 28.7. The van der Waals surface area contributed by atoms with Gasteiger partial charge in [0.1, 0.15) is 5.58 Å². The number of nitrogens with zero attached hydrogens (tertiary/aromatic N) is 1. The summed E-state index contributed by atoms with van der Waals surface area (Å²) in [6.45, 7) is 4.09. The first-order chi connectivity index (χ1) is 14.3. The van der Waals surface area contributed by atoms with Crippen LogP contribution in [-0.4, -0.2) is 28.9 Å². The number of carbonyl (C=O) groups is 1. The van der Waals surface area contributed by atoms with Crippen LogP contribution in [0.15, 0.2) is 51.9 Å². The number of nitrogens with one attached hydrogen (secondary N) is 3. The maximum atomic E-state index is 12.4. The smallest absolute Gasteiger partial charge is 0.287 e. The number of rotatable bonds is 8. The number of aromatic nitrogens is 1. The molecule has 0 unspecified atom stereocenters. The molecule has 0 atom stereocenters. The Kier molecular flexibility index (Phi) is 6.51. The van der Waals surface area contributed by atoms with E-state index in [-0.39, 0.29) is 17.7 Å². The van der Waals surface area contributed by atoms with Crippen molar-refractivity contribution in [3.63, 3.8) is 0 Å². The zero-order valence-electron chi connectivity index (χ0n) is 17.0. The van der Waals surface area contributed by atoms with Gasteiger partial charge in [-0.15, -0.1) is 0 Å². The molecule has 3 rings (SSSR count). The number of hydrogen-bond donors (Lipinski definition) is 3. The third-order valence-corrected chi connectivity index (χ3v) is 4.97. The molecule has 7 nitrogen and oxygen atoms in total. The van der Waals surface area contributed by atoms with Gasteiger partial charge in [0.2, 0.25) is 0 Å². The standard InChI is InChI=1S/C23H24N4O3/c1-14-10-18-20(28)12-22(30-21(18)11-15(14)2)23(29)27-9-7-17(24)5-6-19(25)16-4-3-8-26-13-16/h3-4,8,10-13,24-25H,5-7,9H2,1-2H3,(H,27,29). The molecule has 0 bridgehead atoms. The van der Waals surface area contributed by atoms with E-state index in [9.17, 15) is 9.59 Å². The number of hydrogen-bond acceptors (Lipinski definition) is 6. The molecule has 154 valence electrons. The number of pyridine rings is 1. The van der Waals surface area contributed by atoms with Crippen LogP contribution in [0.5, 0.6) is 0 Å². The van der Waals surface area contributed by atoms with Crippen LogP contribution in [0.4, 0.5) is 0 Å². The van der Waals surface area contributed by atoms with Gasteiger partial charge in [-0.05, 0) is 56.0 Å². The van der Waals surface area contributed by atoms with Gasteiger partial charge in [-0.25, -0.2) is 0 Å². The predicted molar refractivity (Wildman–Crippen MR) is 117 cm³/mol. The van der Waals surface area contributed by atoms with Crippen LogP contribution in [0.3, 0.4) is 0 Å². The molecule has 0 radical (unpaired) electrons. The molecule has 0 fully saturated rings. The topological polar surface area (TPSA) is 120 Å². The minimum absolute atomic E-state index is 0.0411. The average molecular weight is 404 g/mol. The second kappa shape index (κ2) is 9.26. The molecule has 0 aliphatic carbocycles. The maximum Gasteiger partial charge on any atom is 0.287 e. The van der Waals surface area contributed by atoms with E-state index in [0.717, 1.165) is 16.7 Å². The van der Waals surface area contributed by atoms with E-state index in [4.69, 9.17) is 15.2 Å². The third-order valence-electron chi connectivity index (χ3n) is 4.97. The Labute approximate surface area is 174 Å². The summed E-state index contributed by atoms with van der Waals surface area (Å²) in [5.74, 6) is -0.524. The minimum Gasteiger partial charge on any atom is -0.451 e. The fourth-order valence-corrected chi connectivity index (χ4v) is 3.02. The van der Waals surface area contributed by atoms with Crippen LogP contribution in [0.2, 0.25) is 0 Å².